The molecule has 0 aromatic rings. The molecule has 3 saturated heterocycles. The fourth-order valence-electron chi connectivity index (χ4n) is 2.47. The van der Waals surface area contributed by atoms with Gasteiger partial charge < -0.3 is 19.3 Å². The standard InChI is InChI=1S/C16H14O5/c1-2-3-4-5-6-7-11-14(20-11)16-15(21-16)13(18)10-8-9-12(17)19-10/h1,5,7,10-11,13-16,18H,8-9H2/t6?,10-,11?,13-,14-,15+,16+/m1/s1. The van der Waals surface area contributed by atoms with Crippen LogP contribution in [0.15, 0.2) is 17.9 Å². The Morgan fingerprint density at radius 2 is 2.24 bits per heavy atom. The molecule has 0 aromatic carbocycles. The summed E-state index contributed by atoms with van der Waals surface area (Å²) in [6.45, 7) is 0. The first-order valence-corrected chi connectivity index (χ1v) is 6.76. The summed E-state index contributed by atoms with van der Waals surface area (Å²) in [5, 5.41) is 10.1. The zero-order chi connectivity index (χ0) is 14.8. The van der Waals surface area contributed by atoms with Gasteiger partial charge in [-0.25, -0.2) is 0 Å². The van der Waals surface area contributed by atoms with Gasteiger partial charge in [0.05, 0.1) is 0 Å². The zero-order valence-corrected chi connectivity index (χ0v) is 11.2. The van der Waals surface area contributed by atoms with Crippen LogP contribution < -0.4 is 0 Å². The lowest BCUT2D eigenvalue weighted by molar-refractivity contribution is -0.145. The summed E-state index contributed by atoms with van der Waals surface area (Å²) in [5.41, 5.74) is 2.87. The maximum atomic E-state index is 11.0. The summed E-state index contributed by atoms with van der Waals surface area (Å²) in [5.74, 6) is 6.99. The molecule has 3 aliphatic rings. The van der Waals surface area contributed by atoms with E-state index in [-0.39, 0.29) is 30.4 Å². The van der Waals surface area contributed by atoms with Crippen LogP contribution in [0.25, 0.3) is 0 Å². The average Bonchev–Trinajstić information content (AvgIpc) is 3.35. The lowest BCUT2D eigenvalue weighted by Crippen LogP contribution is -2.32. The van der Waals surface area contributed by atoms with Crippen LogP contribution >= 0.6 is 0 Å². The fourth-order valence-corrected chi connectivity index (χ4v) is 2.47. The first-order chi connectivity index (χ1) is 10.2. The smallest absolute Gasteiger partial charge is 0.306 e. The summed E-state index contributed by atoms with van der Waals surface area (Å²) in [4.78, 5) is 11.0. The third kappa shape index (κ3) is 3.19. The van der Waals surface area contributed by atoms with E-state index in [9.17, 15) is 9.90 Å². The Hall–Kier alpha value is -2.01. The second kappa shape index (κ2) is 5.77. The number of terminal acetylenes is 1. The molecule has 0 saturated carbocycles. The lowest BCUT2D eigenvalue weighted by Gasteiger charge is -2.14. The van der Waals surface area contributed by atoms with Crippen LogP contribution in [0.4, 0.5) is 0 Å². The molecule has 21 heavy (non-hydrogen) atoms. The van der Waals surface area contributed by atoms with Gasteiger partial charge in [-0.2, -0.15) is 0 Å². The normalized spacial score (nSPS) is 37.1. The van der Waals surface area contributed by atoms with Gasteiger partial charge in [0.1, 0.15) is 36.6 Å². The van der Waals surface area contributed by atoms with E-state index in [1.165, 1.54) is 6.08 Å². The second-order valence-electron chi connectivity index (χ2n) is 5.08. The van der Waals surface area contributed by atoms with Gasteiger partial charge in [0.2, 0.25) is 0 Å². The van der Waals surface area contributed by atoms with Crippen molar-refractivity contribution in [3.8, 4) is 24.2 Å². The van der Waals surface area contributed by atoms with Gasteiger partial charge in [0, 0.05) is 12.5 Å². The quantitative estimate of drug-likeness (QED) is 0.339. The van der Waals surface area contributed by atoms with E-state index in [0.29, 0.717) is 12.8 Å². The third-order valence-corrected chi connectivity index (χ3v) is 3.64. The molecule has 6 atom stereocenters. The van der Waals surface area contributed by atoms with Crippen LogP contribution in [-0.4, -0.2) is 47.7 Å². The highest BCUT2D eigenvalue weighted by Crippen LogP contribution is 2.42. The van der Waals surface area contributed by atoms with Crippen LogP contribution in [0.1, 0.15) is 12.8 Å². The van der Waals surface area contributed by atoms with E-state index in [4.69, 9.17) is 20.6 Å². The number of carbonyl (C=O) groups excluding carboxylic acids is 1. The van der Waals surface area contributed by atoms with Gasteiger partial charge in [-0.1, -0.05) is 5.92 Å². The molecule has 0 radical (unpaired) electrons. The highest BCUT2D eigenvalue weighted by Gasteiger charge is 2.60. The van der Waals surface area contributed by atoms with E-state index in [1.54, 1.807) is 6.08 Å². The topological polar surface area (TPSA) is 71.6 Å². The Labute approximate surface area is 122 Å². The molecule has 3 aliphatic heterocycles. The molecule has 0 spiro atoms. The molecule has 5 heteroatoms. The van der Waals surface area contributed by atoms with Gasteiger partial charge in [0.25, 0.3) is 0 Å². The predicted octanol–water partition coefficient (Wildman–Crippen LogP) is -0.0644. The number of hydrogen-bond donors (Lipinski definition) is 1. The Bertz CT molecular complexity index is 598. The first-order valence-electron chi connectivity index (χ1n) is 6.76. The maximum absolute atomic E-state index is 11.0. The Balaban J connectivity index is 1.46. The van der Waals surface area contributed by atoms with E-state index < -0.39 is 12.2 Å². The largest absolute Gasteiger partial charge is 0.459 e. The summed E-state index contributed by atoms with van der Waals surface area (Å²) >= 11 is 0. The zero-order valence-electron chi connectivity index (χ0n) is 11.2. The van der Waals surface area contributed by atoms with Crippen LogP contribution in [0.5, 0.6) is 0 Å². The number of aliphatic hydroxyl groups is 1. The number of epoxide rings is 2. The first kappa shape index (κ1) is 13.9. The minimum absolute atomic E-state index is 0.0803. The summed E-state index contributed by atoms with van der Waals surface area (Å²) in [6.07, 6.45) is 7.26. The van der Waals surface area contributed by atoms with Gasteiger partial charge >= 0.3 is 5.97 Å². The molecule has 0 amide bonds. The number of carbonyl (C=O) groups is 1. The molecule has 0 aromatic heterocycles. The number of cyclic esters (lactones) is 1. The molecule has 3 heterocycles. The molecule has 0 bridgehead atoms. The molecule has 0 aliphatic carbocycles. The van der Waals surface area contributed by atoms with E-state index in [1.807, 2.05) is 0 Å². The fraction of sp³-hybridized carbons (Fsp3) is 0.500. The van der Waals surface area contributed by atoms with E-state index >= 15 is 0 Å². The summed E-state index contributed by atoms with van der Waals surface area (Å²) in [7, 11) is 0. The number of aliphatic hydroxyl groups excluding tert-OH is 1. The molecular weight excluding hydrogens is 272 g/mol. The van der Waals surface area contributed by atoms with Gasteiger partial charge in [-0.15, -0.1) is 12.2 Å². The van der Waals surface area contributed by atoms with Crippen LogP contribution in [0, 0.1) is 24.2 Å². The van der Waals surface area contributed by atoms with Gasteiger partial charge in [0.15, 0.2) is 0 Å². The molecule has 108 valence electrons. The van der Waals surface area contributed by atoms with Crippen molar-refractivity contribution in [2.24, 2.45) is 0 Å². The molecular formula is C16H14O5. The second-order valence-corrected chi connectivity index (χ2v) is 5.08. The van der Waals surface area contributed by atoms with Crippen LogP contribution in [0.2, 0.25) is 0 Å². The minimum Gasteiger partial charge on any atom is -0.459 e. The molecule has 1 unspecified atom stereocenters. The number of rotatable bonds is 4. The van der Waals surface area contributed by atoms with Crippen molar-refractivity contribution in [3.63, 3.8) is 0 Å². The molecule has 1 N–H and O–H groups in total. The van der Waals surface area contributed by atoms with Gasteiger partial charge in [-0.05, 0) is 24.3 Å². The van der Waals surface area contributed by atoms with Crippen molar-refractivity contribution in [2.75, 3.05) is 0 Å². The highest BCUT2D eigenvalue weighted by molar-refractivity contribution is 5.71. The van der Waals surface area contributed by atoms with Crippen molar-refractivity contribution in [2.45, 2.75) is 49.5 Å². The minimum atomic E-state index is -0.785. The monoisotopic (exact) mass is 286 g/mol. The van der Waals surface area contributed by atoms with E-state index in [2.05, 4.69) is 23.5 Å². The van der Waals surface area contributed by atoms with Crippen molar-refractivity contribution >= 4 is 5.97 Å². The number of hydrogen-bond acceptors (Lipinski definition) is 5. The Morgan fingerprint density at radius 1 is 1.38 bits per heavy atom. The van der Waals surface area contributed by atoms with Crippen LogP contribution in [-0.2, 0) is 19.0 Å². The number of esters is 1. The van der Waals surface area contributed by atoms with Crippen molar-refractivity contribution < 1.29 is 24.1 Å². The van der Waals surface area contributed by atoms with E-state index in [0.717, 1.165) is 0 Å². The summed E-state index contributed by atoms with van der Waals surface area (Å²) < 4.78 is 15.9. The van der Waals surface area contributed by atoms with Crippen LogP contribution in [0.3, 0.4) is 0 Å². The predicted molar refractivity (Wildman–Crippen MR) is 71.7 cm³/mol. The lowest BCUT2D eigenvalue weighted by atomic mass is 10.0. The third-order valence-electron chi connectivity index (χ3n) is 3.64. The number of ether oxygens (including phenoxy) is 3. The Kier molecular flexibility index (Phi) is 3.84. The van der Waals surface area contributed by atoms with Gasteiger partial charge in [-0.3, -0.25) is 4.79 Å². The SMILES string of the molecule is C#CC#CC=C=CC1O[C@H]1[C@@H]1O[C@H]1[C@H](O)[C@H]1CCC(=O)O1. The van der Waals surface area contributed by atoms with Crippen molar-refractivity contribution in [1.82, 2.24) is 0 Å². The van der Waals surface area contributed by atoms with Crippen molar-refractivity contribution in [3.05, 3.63) is 17.9 Å². The highest BCUT2D eigenvalue weighted by atomic mass is 16.7. The van der Waals surface area contributed by atoms with Crippen molar-refractivity contribution in [1.29, 1.82) is 0 Å². The summed E-state index contributed by atoms with van der Waals surface area (Å²) in [6, 6.07) is 0. The molecule has 3 fully saturated rings. The Morgan fingerprint density at radius 3 is 2.95 bits per heavy atom. The average molecular weight is 286 g/mol. The molecule has 3 rings (SSSR count). The maximum Gasteiger partial charge on any atom is 0.306 e. The molecule has 5 nitrogen and oxygen atoms in total.